The maximum atomic E-state index is 12.8. The lowest BCUT2D eigenvalue weighted by molar-refractivity contribution is 0.403. The second kappa shape index (κ2) is 6.69. The molecule has 7 nitrogen and oxygen atoms in total. The zero-order valence-corrected chi connectivity index (χ0v) is 15.2. The predicted molar refractivity (Wildman–Crippen MR) is 98.3 cm³/mol. The Bertz CT molecular complexity index is 1000. The van der Waals surface area contributed by atoms with E-state index in [0.29, 0.717) is 16.4 Å². The molecule has 0 unspecified atom stereocenters. The van der Waals surface area contributed by atoms with Gasteiger partial charge in [0.1, 0.15) is 10.6 Å². The van der Waals surface area contributed by atoms with Gasteiger partial charge < -0.3 is 10.5 Å². The summed E-state index contributed by atoms with van der Waals surface area (Å²) in [4.78, 5) is 8.94. The Labute approximate surface area is 149 Å². The van der Waals surface area contributed by atoms with Crippen LogP contribution in [0.25, 0.3) is 10.4 Å². The van der Waals surface area contributed by atoms with E-state index in [9.17, 15) is 8.42 Å². The number of thiazole rings is 1. The van der Waals surface area contributed by atoms with Gasteiger partial charge in [-0.25, -0.2) is 13.4 Å². The summed E-state index contributed by atoms with van der Waals surface area (Å²) in [5, 5.41) is 0.432. The van der Waals surface area contributed by atoms with Crippen molar-refractivity contribution in [3.63, 3.8) is 0 Å². The van der Waals surface area contributed by atoms with Gasteiger partial charge in [0.2, 0.25) is 0 Å². The SMILES string of the molecule is COc1ccc(-c2sc(N)nc2C)cc1S(=O)(=O)Nc1cccnc1. The molecule has 25 heavy (non-hydrogen) atoms. The lowest BCUT2D eigenvalue weighted by Crippen LogP contribution is -2.14. The second-order valence-electron chi connectivity index (χ2n) is 5.18. The van der Waals surface area contributed by atoms with Crippen LogP contribution >= 0.6 is 11.3 Å². The van der Waals surface area contributed by atoms with Gasteiger partial charge in [-0.3, -0.25) is 9.71 Å². The average Bonchev–Trinajstić information content (AvgIpc) is 2.93. The Balaban J connectivity index is 2.08. The van der Waals surface area contributed by atoms with Crippen LogP contribution in [0, 0.1) is 6.92 Å². The van der Waals surface area contributed by atoms with Gasteiger partial charge in [-0.05, 0) is 42.8 Å². The Hall–Kier alpha value is -2.65. The van der Waals surface area contributed by atoms with Gasteiger partial charge >= 0.3 is 0 Å². The third-order valence-corrected chi connectivity index (χ3v) is 5.88. The standard InChI is InChI=1S/C16H16N4O3S2/c1-10-15(24-16(17)19-10)11-5-6-13(23-2)14(8-11)25(21,22)20-12-4-3-7-18-9-12/h3-9,20H,1-2H3,(H2,17,19). The quantitative estimate of drug-likeness (QED) is 0.709. The number of sulfonamides is 1. The molecule has 9 heteroatoms. The molecule has 2 aromatic heterocycles. The highest BCUT2D eigenvalue weighted by molar-refractivity contribution is 7.92. The fraction of sp³-hybridized carbons (Fsp3) is 0.125. The molecule has 0 aliphatic rings. The summed E-state index contributed by atoms with van der Waals surface area (Å²) in [5.41, 5.74) is 7.57. The number of nitrogens with one attached hydrogen (secondary N) is 1. The number of rotatable bonds is 5. The molecule has 0 spiro atoms. The Morgan fingerprint density at radius 1 is 1.28 bits per heavy atom. The molecule has 0 radical (unpaired) electrons. The Kier molecular flexibility index (Phi) is 4.60. The molecule has 1 aromatic carbocycles. The fourth-order valence-corrected chi connectivity index (χ4v) is 4.42. The molecule has 0 aliphatic heterocycles. The number of pyridine rings is 1. The van der Waals surface area contributed by atoms with Crippen LogP contribution in [0.15, 0.2) is 47.6 Å². The molecule has 3 aromatic rings. The van der Waals surface area contributed by atoms with Crippen LogP contribution < -0.4 is 15.2 Å². The van der Waals surface area contributed by atoms with E-state index in [-0.39, 0.29) is 10.6 Å². The van der Waals surface area contributed by atoms with E-state index < -0.39 is 10.0 Å². The number of ether oxygens (including phenoxy) is 1. The van der Waals surface area contributed by atoms with Crippen molar-refractivity contribution in [2.45, 2.75) is 11.8 Å². The average molecular weight is 376 g/mol. The Morgan fingerprint density at radius 2 is 2.08 bits per heavy atom. The van der Waals surface area contributed by atoms with Gasteiger partial charge in [-0.1, -0.05) is 11.3 Å². The van der Waals surface area contributed by atoms with Crippen molar-refractivity contribution >= 4 is 32.2 Å². The van der Waals surface area contributed by atoms with E-state index in [0.717, 1.165) is 10.6 Å². The maximum absolute atomic E-state index is 12.8. The van der Waals surface area contributed by atoms with Crippen molar-refractivity contribution in [3.8, 4) is 16.2 Å². The Morgan fingerprint density at radius 3 is 2.68 bits per heavy atom. The third-order valence-electron chi connectivity index (χ3n) is 3.44. The number of aromatic nitrogens is 2. The van der Waals surface area contributed by atoms with E-state index in [1.54, 1.807) is 36.5 Å². The summed E-state index contributed by atoms with van der Waals surface area (Å²) in [6, 6.07) is 8.21. The van der Waals surface area contributed by atoms with Crippen LogP contribution in [0.4, 0.5) is 10.8 Å². The topological polar surface area (TPSA) is 107 Å². The van der Waals surface area contributed by atoms with E-state index in [1.165, 1.54) is 24.6 Å². The second-order valence-corrected chi connectivity index (χ2v) is 7.86. The van der Waals surface area contributed by atoms with Crippen LogP contribution in [0.3, 0.4) is 0 Å². The number of anilines is 2. The fourth-order valence-electron chi connectivity index (χ4n) is 2.35. The van der Waals surface area contributed by atoms with Gasteiger partial charge in [0, 0.05) is 6.20 Å². The summed E-state index contributed by atoms with van der Waals surface area (Å²) in [7, 11) is -2.43. The normalized spacial score (nSPS) is 11.3. The first-order chi connectivity index (χ1) is 11.9. The highest BCUT2D eigenvalue weighted by atomic mass is 32.2. The summed E-state index contributed by atoms with van der Waals surface area (Å²) in [6.07, 6.45) is 3.00. The number of hydrogen-bond donors (Lipinski definition) is 2. The minimum absolute atomic E-state index is 0.0303. The third kappa shape index (κ3) is 3.57. The highest BCUT2D eigenvalue weighted by Crippen LogP contribution is 2.36. The number of aryl methyl sites for hydroxylation is 1. The van der Waals surface area contributed by atoms with Crippen molar-refractivity contribution in [3.05, 3.63) is 48.4 Å². The van der Waals surface area contributed by atoms with E-state index in [4.69, 9.17) is 10.5 Å². The number of methoxy groups -OCH3 is 1. The van der Waals surface area contributed by atoms with E-state index in [1.807, 2.05) is 6.92 Å². The lowest BCUT2D eigenvalue weighted by Gasteiger charge is -2.12. The zero-order valence-electron chi connectivity index (χ0n) is 13.6. The summed E-state index contributed by atoms with van der Waals surface area (Å²) in [5.74, 6) is 0.246. The first-order valence-electron chi connectivity index (χ1n) is 7.25. The number of benzene rings is 1. The molecule has 0 amide bonds. The first kappa shape index (κ1) is 17.2. The van der Waals surface area contributed by atoms with E-state index in [2.05, 4.69) is 14.7 Å². The van der Waals surface area contributed by atoms with Crippen LogP contribution in [-0.4, -0.2) is 25.5 Å². The molecule has 0 fully saturated rings. The predicted octanol–water partition coefficient (Wildman–Crippen LogP) is 2.91. The van der Waals surface area contributed by atoms with Crippen molar-refractivity contribution in [1.29, 1.82) is 0 Å². The summed E-state index contributed by atoms with van der Waals surface area (Å²) < 4.78 is 33.3. The van der Waals surface area contributed by atoms with Gasteiger partial charge in [-0.15, -0.1) is 0 Å². The molecule has 0 saturated heterocycles. The molecule has 0 bridgehead atoms. The van der Waals surface area contributed by atoms with Crippen molar-refractivity contribution < 1.29 is 13.2 Å². The van der Waals surface area contributed by atoms with Crippen molar-refractivity contribution in [2.24, 2.45) is 0 Å². The largest absolute Gasteiger partial charge is 0.495 e. The van der Waals surface area contributed by atoms with Gasteiger partial charge in [0.15, 0.2) is 5.13 Å². The van der Waals surface area contributed by atoms with Crippen LogP contribution in [0.1, 0.15) is 5.69 Å². The highest BCUT2D eigenvalue weighted by Gasteiger charge is 2.22. The monoisotopic (exact) mass is 376 g/mol. The molecular formula is C16H16N4O3S2. The van der Waals surface area contributed by atoms with E-state index >= 15 is 0 Å². The molecule has 3 rings (SSSR count). The minimum atomic E-state index is -3.85. The number of nitrogens with two attached hydrogens (primary N) is 1. The maximum Gasteiger partial charge on any atom is 0.265 e. The van der Waals surface area contributed by atoms with Crippen LogP contribution in [0.2, 0.25) is 0 Å². The summed E-state index contributed by atoms with van der Waals surface area (Å²) >= 11 is 1.30. The molecule has 0 aliphatic carbocycles. The summed E-state index contributed by atoms with van der Waals surface area (Å²) in [6.45, 7) is 1.83. The van der Waals surface area contributed by atoms with Gasteiger partial charge in [0.25, 0.3) is 10.0 Å². The number of hydrogen-bond acceptors (Lipinski definition) is 7. The lowest BCUT2D eigenvalue weighted by atomic mass is 10.1. The molecule has 3 N–H and O–H groups in total. The number of nitrogen functional groups attached to an aromatic ring is 1. The van der Waals surface area contributed by atoms with Crippen LogP contribution in [-0.2, 0) is 10.0 Å². The molecular weight excluding hydrogens is 360 g/mol. The number of nitrogens with zero attached hydrogens (tertiary/aromatic N) is 2. The first-order valence-corrected chi connectivity index (χ1v) is 9.55. The smallest absolute Gasteiger partial charge is 0.265 e. The molecule has 0 saturated carbocycles. The van der Waals surface area contributed by atoms with Gasteiger partial charge in [-0.2, -0.15) is 0 Å². The van der Waals surface area contributed by atoms with Crippen LogP contribution in [0.5, 0.6) is 5.75 Å². The molecule has 130 valence electrons. The minimum Gasteiger partial charge on any atom is -0.495 e. The zero-order chi connectivity index (χ0) is 18.0. The van der Waals surface area contributed by atoms with Gasteiger partial charge in [0.05, 0.1) is 29.6 Å². The molecule has 2 heterocycles. The van der Waals surface area contributed by atoms with Crippen molar-refractivity contribution in [1.82, 2.24) is 9.97 Å². The van der Waals surface area contributed by atoms with Crippen molar-refractivity contribution in [2.75, 3.05) is 17.6 Å². The molecule has 0 atom stereocenters.